The Hall–Kier alpha value is -1.62. The number of H-pyrrole nitrogens is 1. The van der Waals surface area contributed by atoms with Crippen LogP contribution in [0.15, 0.2) is 34.8 Å². The van der Waals surface area contributed by atoms with Crippen molar-refractivity contribution in [3.63, 3.8) is 0 Å². The number of nitrogens with one attached hydrogen (secondary N) is 1. The van der Waals surface area contributed by atoms with Gasteiger partial charge in [-0.2, -0.15) is 5.10 Å². The lowest BCUT2D eigenvalue weighted by molar-refractivity contribution is 0.0690. The molecule has 4 nitrogen and oxygen atoms in total. The fourth-order valence-corrected chi connectivity index (χ4v) is 1.83. The zero-order valence-electron chi connectivity index (χ0n) is 8.27. The normalized spacial score (nSPS) is 10.3. The molecule has 0 radical (unpaired) electrons. The van der Waals surface area contributed by atoms with Crippen molar-refractivity contribution in [1.29, 1.82) is 0 Å². The number of aromatic nitrogens is 2. The van der Waals surface area contributed by atoms with Crippen LogP contribution in [0.25, 0.3) is 0 Å². The molecular formula is C11H9BrN2O2. The molecule has 5 heteroatoms. The van der Waals surface area contributed by atoms with Gasteiger partial charge in [0.15, 0.2) is 5.69 Å². The van der Waals surface area contributed by atoms with Gasteiger partial charge in [-0.15, -0.1) is 0 Å². The van der Waals surface area contributed by atoms with E-state index in [1.807, 2.05) is 24.3 Å². The van der Waals surface area contributed by atoms with E-state index >= 15 is 0 Å². The minimum absolute atomic E-state index is 0.0436. The number of hydrogen-bond acceptors (Lipinski definition) is 2. The first kappa shape index (κ1) is 10.9. The summed E-state index contributed by atoms with van der Waals surface area (Å²) >= 11 is 3.44. The molecule has 2 rings (SSSR count). The Balaban J connectivity index is 2.21. The molecule has 1 aromatic carbocycles. The third-order valence-corrected chi connectivity index (χ3v) is 2.96. The molecular weight excluding hydrogens is 272 g/mol. The summed E-state index contributed by atoms with van der Waals surface area (Å²) in [5.41, 5.74) is 1.91. The molecule has 0 aliphatic carbocycles. The second-order valence-corrected chi connectivity index (χ2v) is 4.21. The van der Waals surface area contributed by atoms with Gasteiger partial charge in [0.1, 0.15) is 0 Å². The first-order valence-electron chi connectivity index (χ1n) is 4.68. The SMILES string of the molecule is O=C(O)c1cc(Cc2ccccc2Br)[nH]n1. The second kappa shape index (κ2) is 4.49. The largest absolute Gasteiger partial charge is 0.476 e. The number of aromatic carboxylic acids is 1. The average Bonchev–Trinajstić information content (AvgIpc) is 2.70. The summed E-state index contributed by atoms with van der Waals surface area (Å²) in [6, 6.07) is 9.34. The number of benzene rings is 1. The van der Waals surface area contributed by atoms with Crippen molar-refractivity contribution in [2.75, 3.05) is 0 Å². The highest BCUT2D eigenvalue weighted by molar-refractivity contribution is 9.10. The Kier molecular flexibility index (Phi) is 3.05. The maximum atomic E-state index is 10.6. The zero-order chi connectivity index (χ0) is 11.5. The van der Waals surface area contributed by atoms with E-state index in [1.54, 1.807) is 6.07 Å². The van der Waals surface area contributed by atoms with E-state index in [-0.39, 0.29) is 5.69 Å². The molecule has 0 saturated heterocycles. The lowest BCUT2D eigenvalue weighted by atomic mass is 10.1. The van der Waals surface area contributed by atoms with Gasteiger partial charge < -0.3 is 5.11 Å². The van der Waals surface area contributed by atoms with Crippen molar-refractivity contribution in [2.45, 2.75) is 6.42 Å². The highest BCUT2D eigenvalue weighted by Gasteiger charge is 2.09. The summed E-state index contributed by atoms with van der Waals surface area (Å²) in [6.45, 7) is 0. The fourth-order valence-electron chi connectivity index (χ4n) is 1.41. The van der Waals surface area contributed by atoms with Gasteiger partial charge in [-0.1, -0.05) is 34.1 Å². The number of carbonyl (C=O) groups is 1. The van der Waals surface area contributed by atoms with Crippen LogP contribution in [0.4, 0.5) is 0 Å². The van der Waals surface area contributed by atoms with Gasteiger partial charge in [-0.25, -0.2) is 4.79 Å². The van der Waals surface area contributed by atoms with Gasteiger partial charge in [-0.3, -0.25) is 5.10 Å². The molecule has 16 heavy (non-hydrogen) atoms. The lowest BCUT2D eigenvalue weighted by Gasteiger charge is -2.00. The minimum atomic E-state index is -1.02. The van der Waals surface area contributed by atoms with Crippen LogP contribution < -0.4 is 0 Å². The lowest BCUT2D eigenvalue weighted by Crippen LogP contribution is -1.95. The third-order valence-electron chi connectivity index (χ3n) is 2.19. The number of nitrogens with zero attached hydrogens (tertiary/aromatic N) is 1. The molecule has 2 aromatic rings. The maximum Gasteiger partial charge on any atom is 0.356 e. The van der Waals surface area contributed by atoms with Crippen LogP contribution in [0.1, 0.15) is 21.7 Å². The molecule has 0 unspecified atom stereocenters. The number of aromatic amines is 1. The van der Waals surface area contributed by atoms with Crippen LogP contribution >= 0.6 is 15.9 Å². The molecule has 0 aliphatic heterocycles. The molecule has 2 N–H and O–H groups in total. The Bertz CT molecular complexity index is 522. The third kappa shape index (κ3) is 2.30. The molecule has 0 amide bonds. The molecule has 0 bridgehead atoms. The van der Waals surface area contributed by atoms with Crippen molar-refractivity contribution in [3.05, 3.63) is 51.8 Å². The highest BCUT2D eigenvalue weighted by atomic mass is 79.9. The van der Waals surface area contributed by atoms with Crippen LogP contribution in [0.5, 0.6) is 0 Å². The first-order chi connectivity index (χ1) is 7.66. The van der Waals surface area contributed by atoms with Crippen molar-refractivity contribution < 1.29 is 9.90 Å². The summed E-state index contributed by atoms with van der Waals surface area (Å²) in [4.78, 5) is 10.6. The summed E-state index contributed by atoms with van der Waals surface area (Å²) in [5.74, 6) is -1.02. The van der Waals surface area contributed by atoms with Gasteiger partial charge in [0.2, 0.25) is 0 Å². The first-order valence-corrected chi connectivity index (χ1v) is 5.47. The standard InChI is InChI=1S/C11H9BrN2O2/c12-9-4-2-1-3-7(9)5-8-6-10(11(15)16)14-13-8/h1-4,6H,5H2,(H,13,14)(H,15,16). The quantitative estimate of drug-likeness (QED) is 0.908. The van der Waals surface area contributed by atoms with E-state index in [1.165, 1.54) is 0 Å². The Morgan fingerprint density at radius 2 is 2.19 bits per heavy atom. The van der Waals surface area contributed by atoms with Crippen molar-refractivity contribution in [1.82, 2.24) is 10.2 Å². The topological polar surface area (TPSA) is 66.0 Å². The summed E-state index contributed by atoms with van der Waals surface area (Å²) in [7, 11) is 0. The van der Waals surface area contributed by atoms with E-state index < -0.39 is 5.97 Å². The zero-order valence-corrected chi connectivity index (χ0v) is 9.86. The van der Waals surface area contributed by atoms with Crippen LogP contribution in [0.3, 0.4) is 0 Å². The monoisotopic (exact) mass is 280 g/mol. The number of hydrogen-bond donors (Lipinski definition) is 2. The van der Waals surface area contributed by atoms with Gasteiger partial charge in [0.25, 0.3) is 0 Å². The van der Waals surface area contributed by atoms with Gasteiger partial charge in [0, 0.05) is 16.6 Å². The maximum absolute atomic E-state index is 10.6. The molecule has 0 aliphatic rings. The molecule has 1 aromatic heterocycles. The van der Waals surface area contributed by atoms with Crippen LogP contribution in [0.2, 0.25) is 0 Å². The second-order valence-electron chi connectivity index (χ2n) is 3.35. The minimum Gasteiger partial charge on any atom is -0.476 e. The van der Waals surface area contributed by atoms with Crippen molar-refractivity contribution in [3.8, 4) is 0 Å². The Morgan fingerprint density at radius 3 is 2.81 bits per heavy atom. The van der Waals surface area contributed by atoms with Crippen LogP contribution in [0, 0.1) is 0 Å². The number of rotatable bonds is 3. The molecule has 82 valence electrons. The average molecular weight is 281 g/mol. The Labute approximate surface area is 100 Å². The molecule has 0 spiro atoms. The highest BCUT2D eigenvalue weighted by Crippen LogP contribution is 2.18. The Morgan fingerprint density at radius 1 is 1.44 bits per heavy atom. The number of carboxylic acid groups (broad SMARTS) is 1. The summed E-state index contributed by atoms with van der Waals surface area (Å²) in [5, 5.41) is 15.1. The van der Waals surface area contributed by atoms with E-state index in [0.29, 0.717) is 6.42 Å². The summed E-state index contributed by atoms with van der Waals surface area (Å²) in [6.07, 6.45) is 0.627. The number of halogens is 1. The number of carboxylic acids is 1. The smallest absolute Gasteiger partial charge is 0.356 e. The van der Waals surface area contributed by atoms with E-state index in [9.17, 15) is 4.79 Å². The van der Waals surface area contributed by atoms with Crippen LogP contribution in [-0.2, 0) is 6.42 Å². The van der Waals surface area contributed by atoms with Gasteiger partial charge >= 0.3 is 5.97 Å². The fraction of sp³-hybridized carbons (Fsp3) is 0.0909. The van der Waals surface area contributed by atoms with E-state index in [2.05, 4.69) is 26.1 Å². The van der Waals surface area contributed by atoms with Crippen molar-refractivity contribution >= 4 is 21.9 Å². The molecule has 1 heterocycles. The van der Waals surface area contributed by atoms with Gasteiger partial charge in [0.05, 0.1) is 0 Å². The molecule has 0 atom stereocenters. The van der Waals surface area contributed by atoms with Crippen molar-refractivity contribution in [2.24, 2.45) is 0 Å². The van der Waals surface area contributed by atoms with E-state index in [4.69, 9.17) is 5.11 Å². The summed E-state index contributed by atoms with van der Waals surface area (Å²) < 4.78 is 1.00. The molecule has 0 fully saturated rings. The predicted octanol–water partition coefficient (Wildman–Crippen LogP) is 2.46. The predicted molar refractivity (Wildman–Crippen MR) is 62.5 cm³/mol. The van der Waals surface area contributed by atoms with E-state index in [0.717, 1.165) is 15.7 Å². The van der Waals surface area contributed by atoms with Gasteiger partial charge in [-0.05, 0) is 17.7 Å². The van der Waals surface area contributed by atoms with Crippen LogP contribution in [-0.4, -0.2) is 21.3 Å². The molecule has 0 saturated carbocycles.